The molecule has 0 radical (unpaired) electrons. The fourth-order valence-corrected chi connectivity index (χ4v) is 3.15. The van der Waals surface area contributed by atoms with E-state index in [4.69, 9.17) is 5.14 Å². The minimum atomic E-state index is -3.67. The average Bonchev–Trinajstić information content (AvgIpc) is 2.75. The van der Waals surface area contributed by atoms with Gasteiger partial charge in [0, 0.05) is 17.6 Å². The molecule has 2 aromatic rings. The molecular formula is C12H12N2O2S. The van der Waals surface area contributed by atoms with E-state index in [2.05, 4.69) is 5.32 Å². The lowest BCUT2D eigenvalue weighted by atomic mass is 10.0. The van der Waals surface area contributed by atoms with Gasteiger partial charge in [0.1, 0.15) is 0 Å². The Morgan fingerprint density at radius 3 is 2.71 bits per heavy atom. The van der Waals surface area contributed by atoms with Gasteiger partial charge in [-0.25, -0.2) is 13.6 Å². The van der Waals surface area contributed by atoms with Gasteiger partial charge in [-0.15, -0.1) is 0 Å². The normalized spacial score (nSPS) is 14.6. The Balaban J connectivity index is 2.43. The Morgan fingerprint density at radius 2 is 1.94 bits per heavy atom. The standard InChI is InChI=1S/C12H12N2O2S/c13-17(15,16)12-3-1-2-8-9-6-7-14-11(9)5-4-10(8)12/h1-5,14H,6-7H2,(H2,13,15,16). The Bertz CT molecular complexity index is 708. The van der Waals surface area contributed by atoms with Crippen molar-refractivity contribution in [2.24, 2.45) is 5.14 Å². The van der Waals surface area contributed by atoms with Gasteiger partial charge in [0.2, 0.25) is 10.0 Å². The second-order valence-electron chi connectivity index (χ2n) is 4.16. The minimum Gasteiger partial charge on any atom is -0.384 e. The predicted molar refractivity (Wildman–Crippen MR) is 67.5 cm³/mol. The third-order valence-electron chi connectivity index (χ3n) is 3.13. The van der Waals surface area contributed by atoms with Crippen LogP contribution >= 0.6 is 0 Å². The molecule has 0 aliphatic carbocycles. The summed E-state index contributed by atoms with van der Waals surface area (Å²) in [5.74, 6) is 0. The van der Waals surface area contributed by atoms with Crippen molar-refractivity contribution in [3.8, 4) is 0 Å². The number of nitrogens with one attached hydrogen (secondary N) is 1. The fourth-order valence-electron chi connectivity index (χ4n) is 2.40. The van der Waals surface area contributed by atoms with Crippen LogP contribution in [0.5, 0.6) is 0 Å². The first kappa shape index (κ1) is 10.6. The monoisotopic (exact) mass is 248 g/mol. The molecular weight excluding hydrogens is 236 g/mol. The fraction of sp³-hybridized carbons (Fsp3) is 0.167. The summed E-state index contributed by atoms with van der Waals surface area (Å²) in [6, 6.07) is 8.95. The number of nitrogens with two attached hydrogens (primary N) is 1. The van der Waals surface area contributed by atoms with Gasteiger partial charge in [-0.1, -0.05) is 18.2 Å². The number of primary sulfonamides is 1. The molecule has 0 aromatic heterocycles. The van der Waals surface area contributed by atoms with Crippen LogP contribution in [0.4, 0.5) is 5.69 Å². The van der Waals surface area contributed by atoms with Crippen LogP contribution in [0.3, 0.4) is 0 Å². The number of benzene rings is 2. The maximum Gasteiger partial charge on any atom is 0.238 e. The van der Waals surface area contributed by atoms with E-state index in [-0.39, 0.29) is 4.90 Å². The van der Waals surface area contributed by atoms with Crippen molar-refractivity contribution in [1.82, 2.24) is 0 Å². The van der Waals surface area contributed by atoms with Crippen molar-refractivity contribution in [2.75, 3.05) is 11.9 Å². The van der Waals surface area contributed by atoms with Crippen LogP contribution in [-0.4, -0.2) is 15.0 Å². The maximum absolute atomic E-state index is 11.5. The van der Waals surface area contributed by atoms with Crippen LogP contribution in [0, 0.1) is 0 Å². The van der Waals surface area contributed by atoms with Gasteiger partial charge in [-0.3, -0.25) is 0 Å². The zero-order valence-electron chi connectivity index (χ0n) is 9.10. The summed E-state index contributed by atoms with van der Waals surface area (Å²) in [7, 11) is -3.67. The summed E-state index contributed by atoms with van der Waals surface area (Å²) in [5, 5.41) is 10.2. The summed E-state index contributed by atoms with van der Waals surface area (Å²) < 4.78 is 23.0. The number of sulfonamides is 1. The zero-order valence-corrected chi connectivity index (χ0v) is 9.92. The van der Waals surface area contributed by atoms with Crippen molar-refractivity contribution < 1.29 is 8.42 Å². The average molecular weight is 248 g/mol. The topological polar surface area (TPSA) is 72.2 Å². The third kappa shape index (κ3) is 1.59. The van der Waals surface area contributed by atoms with Crippen molar-refractivity contribution in [1.29, 1.82) is 0 Å². The smallest absolute Gasteiger partial charge is 0.238 e. The second-order valence-corrected chi connectivity index (χ2v) is 5.69. The van der Waals surface area contributed by atoms with Crippen LogP contribution in [0.25, 0.3) is 10.8 Å². The van der Waals surface area contributed by atoms with Crippen LogP contribution < -0.4 is 10.5 Å². The Morgan fingerprint density at radius 1 is 1.12 bits per heavy atom. The third-order valence-corrected chi connectivity index (χ3v) is 4.10. The van der Waals surface area contributed by atoms with E-state index >= 15 is 0 Å². The van der Waals surface area contributed by atoms with E-state index in [1.807, 2.05) is 18.2 Å². The summed E-state index contributed by atoms with van der Waals surface area (Å²) >= 11 is 0. The molecule has 0 bridgehead atoms. The highest BCUT2D eigenvalue weighted by atomic mass is 32.2. The highest BCUT2D eigenvalue weighted by Gasteiger charge is 2.17. The van der Waals surface area contributed by atoms with Crippen LogP contribution in [0.15, 0.2) is 35.2 Å². The summed E-state index contributed by atoms with van der Waals surface area (Å²) in [5.41, 5.74) is 2.26. The Kier molecular flexibility index (Phi) is 2.14. The molecule has 88 valence electrons. The second kappa shape index (κ2) is 3.45. The number of anilines is 1. The largest absolute Gasteiger partial charge is 0.384 e. The van der Waals surface area contributed by atoms with Crippen LogP contribution in [-0.2, 0) is 16.4 Å². The van der Waals surface area contributed by atoms with Crippen LogP contribution in [0.2, 0.25) is 0 Å². The molecule has 1 aliphatic heterocycles. The number of hydrogen-bond donors (Lipinski definition) is 2. The van der Waals surface area contributed by atoms with E-state index < -0.39 is 10.0 Å². The zero-order chi connectivity index (χ0) is 12.0. The molecule has 1 aliphatic rings. The van der Waals surface area contributed by atoms with Crippen molar-refractivity contribution >= 4 is 26.5 Å². The molecule has 1 heterocycles. The van der Waals surface area contributed by atoms with Gasteiger partial charge in [0.05, 0.1) is 4.90 Å². The molecule has 0 amide bonds. The molecule has 17 heavy (non-hydrogen) atoms. The van der Waals surface area contributed by atoms with Gasteiger partial charge in [0.15, 0.2) is 0 Å². The van der Waals surface area contributed by atoms with E-state index in [9.17, 15) is 8.42 Å². The molecule has 0 saturated heterocycles. The van der Waals surface area contributed by atoms with Gasteiger partial charge in [0.25, 0.3) is 0 Å². The van der Waals surface area contributed by atoms with Crippen LogP contribution in [0.1, 0.15) is 5.56 Å². The van der Waals surface area contributed by atoms with Gasteiger partial charge in [-0.05, 0) is 29.5 Å². The number of fused-ring (bicyclic) bond motifs is 3. The molecule has 3 rings (SSSR count). The van der Waals surface area contributed by atoms with E-state index in [1.54, 1.807) is 12.1 Å². The highest BCUT2D eigenvalue weighted by Crippen LogP contribution is 2.32. The lowest BCUT2D eigenvalue weighted by Gasteiger charge is -2.08. The molecule has 0 atom stereocenters. The van der Waals surface area contributed by atoms with Crippen molar-refractivity contribution in [3.05, 3.63) is 35.9 Å². The van der Waals surface area contributed by atoms with Crippen molar-refractivity contribution in [3.63, 3.8) is 0 Å². The molecule has 3 N–H and O–H groups in total. The SMILES string of the molecule is NS(=O)(=O)c1cccc2c3c(ccc12)NCC3. The molecule has 4 nitrogen and oxygen atoms in total. The van der Waals surface area contributed by atoms with Crippen molar-refractivity contribution in [2.45, 2.75) is 11.3 Å². The molecule has 0 unspecified atom stereocenters. The lowest BCUT2D eigenvalue weighted by Crippen LogP contribution is -2.12. The summed E-state index contributed by atoms with van der Waals surface area (Å²) in [4.78, 5) is 0.199. The van der Waals surface area contributed by atoms with E-state index in [1.165, 1.54) is 5.56 Å². The molecule has 0 spiro atoms. The minimum absolute atomic E-state index is 0.199. The van der Waals surface area contributed by atoms with E-state index in [0.29, 0.717) is 5.39 Å². The lowest BCUT2D eigenvalue weighted by molar-refractivity contribution is 0.598. The van der Waals surface area contributed by atoms with Gasteiger partial charge >= 0.3 is 0 Å². The molecule has 0 saturated carbocycles. The predicted octanol–water partition coefficient (Wildman–Crippen LogP) is 1.46. The molecule has 2 aromatic carbocycles. The summed E-state index contributed by atoms with van der Waals surface area (Å²) in [6.07, 6.45) is 0.917. The Hall–Kier alpha value is -1.59. The maximum atomic E-state index is 11.5. The quantitative estimate of drug-likeness (QED) is 0.802. The number of hydrogen-bond acceptors (Lipinski definition) is 3. The van der Waals surface area contributed by atoms with Gasteiger partial charge in [-0.2, -0.15) is 0 Å². The van der Waals surface area contributed by atoms with E-state index in [0.717, 1.165) is 24.0 Å². The van der Waals surface area contributed by atoms with Gasteiger partial charge < -0.3 is 5.32 Å². The summed E-state index contributed by atoms with van der Waals surface area (Å²) in [6.45, 7) is 0.897. The first-order valence-corrected chi connectivity index (χ1v) is 6.93. The number of rotatable bonds is 1. The molecule has 5 heteroatoms. The Labute approximate surface area is 99.5 Å². The first-order valence-electron chi connectivity index (χ1n) is 5.38. The highest BCUT2D eigenvalue weighted by molar-refractivity contribution is 7.89. The molecule has 0 fully saturated rings. The first-order chi connectivity index (χ1) is 8.07.